The van der Waals surface area contributed by atoms with Crippen molar-refractivity contribution in [2.24, 2.45) is 0 Å². The molecule has 3 heteroatoms. The number of hydrogen-bond donors (Lipinski definition) is 2. The minimum absolute atomic E-state index is 0.234. The molecule has 0 spiro atoms. The van der Waals surface area contributed by atoms with E-state index >= 15 is 0 Å². The van der Waals surface area contributed by atoms with Crippen LogP contribution in [0.2, 0.25) is 0 Å². The molecule has 0 aliphatic rings. The summed E-state index contributed by atoms with van der Waals surface area (Å²) in [6.45, 7) is 1.04. The number of rotatable bonds is 4. The summed E-state index contributed by atoms with van der Waals surface area (Å²) in [7, 11) is 0. The third kappa shape index (κ3) is 3.00. The molecule has 0 aromatic carbocycles. The molecule has 1 aromatic heterocycles. The maximum absolute atomic E-state index is 8.49. The molecule has 0 fully saturated rings. The van der Waals surface area contributed by atoms with E-state index in [0.717, 1.165) is 18.7 Å². The zero-order valence-corrected chi connectivity index (χ0v) is 6.33. The summed E-state index contributed by atoms with van der Waals surface area (Å²) >= 11 is 0. The Labute approximate surface area is 66.1 Å². The first-order chi connectivity index (χ1) is 5.43. The molecule has 0 bridgehead atoms. The average Bonchev–Trinajstić information content (AvgIpc) is 2.07. The molecule has 60 valence electrons. The van der Waals surface area contributed by atoms with Gasteiger partial charge in [-0.15, -0.1) is 0 Å². The Balaban J connectivity index is 2.28. The third-order valence-corrected chi connectivity index (χ3v) is 1.34. The molecule has 1 rings (SSSR count). The van der Waals surface area contributed by atoms with Gasteiger partial charge in [0.15, 0.2) is 0 Å². The van der Waals surface area contributed by atoms with E-state index < -0.39 is 0 Å². The number of hydrogen-bond acceptors (Lipinski definition) is 3. The van der Waals surface area contributed by atoms with Crippen LogP contribution < -0.4 is 5.32 Å². The maximum atomic E-state index is 8.49. The predicted molar refractivity (Wildman–Crippen MR) is 44.4 cm³/mol. The standard InChI is InChI=1S/C8H12N2O/c11-7-1-4-10-8-2-5-9-6-3-8/h2-3,5-6,11H,1,4,7H2,(H,9,10). The van der Waals surface area contributed by atoms with Crippen molar-refractivity contribution >= 4 is 5.69 Å². The summed E-state index contributed by atoms with van der Waals surface area (Å²) in [6, 6.07) is 3.80. The largest absolute Gasteiger partial charge is 0.396 e. The molecule has 0 saturated heterocycles. The summed E-state index contributed by atoms with van der Waals surface area (Å²) in [4.78, 5) is 3.88. The lowest BCUT2D eigenvalue weighted by Gasteiger charge is -2.02. The molecule has 3 nitrogen and oxygen atoms in total. The number of nitrogens with zero attached hydrogens (tertiary/aromatic N) is 1. The fourth-order valence-electron chi connectivity index (χ4n) is 0.782. The molecule has 0 unspecified atom stereocenters. The van der Waals surface area contributed by atoms with Gasteiger partial charge in [-0.1, -0.05) is 0 Å². The van der Waals surface area contributed by atoms with Gasteiger partial charge in [0.25, 0.3) is 0 Å². The van der Waals surface area contributed by atoms with Gasteiger partial charge < -0.3 is 10.4 Å². The van der Waals surface area contributed by atoms with Crippen molar-refractivity contribution in [3.8, 4) is 0 Å². The summed E-state index contributed by atoms with van der Waals surface area (Å²) in [6.07, 6.45) is 4.25. The van der Waals surface area contributed by atoms with E-state index in [0.29, 0.717) is 0 Å². The Bertz CT molecular complexity index is 189. The van der Waals surface area contributed by atoms with Crippen molar-refractivity contribution in [3.63, 3.8) is 0 Å². The fourth-order valence-corrected chi connectivity index (χ4v) is 0.782. The van der Waals surface area contributed by atoms with Gasteiger partial charge in [0, 0.05) is 31.2 Å². The fraction of sp³-hybridized carbons (Fsp3) is 0.375. The number of pyridine rings is 1. The highest BCUT2D eigenvalue weighted by molar-refractivity contribution is 5.40. The lowest BCUT2D eigenvalue weighted by atomic mass is 10.4. The second kappa shape index (κ2) is 4.68. The van der Waals surface area contributed by atoms with Crippen molar-refractivity contribution in [3.05, 3.63) is 24.5 Å². The van der Waals surface area contributed by atoms with E-state index in [2.05, 4.69) is 10.3 Å². The SMILES string of the molecule is OCCCNc1ccncc1. The monoisotopic (exact) mass is 152 g/mol. The quantitative estimate of drug-likeness (QED) is 0.629. The molecule has 0 aliphatic carbocycles. The lowest BCUT2D eigenvalue weighted by molar-refractivity contribution is 0.292. The first kappa shape index (κ1) is 8.01. The molecule has 0 amide bonds. The number of aliphatic hydroxyl groups is 1. The number of aliphatic hydroxyl groups excluding tert-OH is 1. The van der Waals surface area contributed by atoms with Crippen molar-refractivity contribution in [1.29, 1.82) is 0 Å². The van der Waals surface area contributed by atoms with Crippen LogP contribution in [-0.4, -0.2) is 23.2 Å². The molecular formula is C8H12N2O. The van der Waals surface area contributed by atoms with Crippen LogP contribution in [0.3, 0.4) is 0 Å². The van der Waals surface area contributed by atoms with Crippen LogP contribution in [0, 0.1) is 0 Å². The summed E-state index contributed by atoms with van der Waals surface area (Å²) in [5.41, 5.74) is 1.05. The van der Waals surface area contributed by atoms with Crippen LogP contribution in [0.15, 0.2) is 24.5 Å². The van der Waals surface area contributed by atoms with Crippen LogP contribution >= 0.6 is 0 Å². The molecular weight excluding hydrogens is 140 g/mol. The molecule has 0 saturated carbocycles. The highest BCUT2D eigenvalue weighted by Gasteiger charge is 1.87. The van der Waals surface area contributed by atoms with Gasteiger partial charge in [0.05, 0.1) is 0 Å². The van der Waals surface area contributed by atoms with Crippen LogP contribution in [0.4, 0.5) is 5.69 Å². The number of anilines is 1. The molecule has 0 radical (unpaired) electrons. The zero-order chi connectivity index (χ0) is 7.94. The van der Waals surface area contributed by atoms with E-state index in [9.17, 15) is 0 Å². The Morgan fingerprint density at radius 1 is 1.36 bits per heavy atom. The van der Waals surface area contributed by atoms with E-state index in [1.54, 1.807) is 12.4 Å². The van der Waals surface area contributed by atoms with Gasteiger partial charge in [0.1, 0.15) is 0 Å². The van der Waals surface area contributed by atoms with E-state index in [1.807, 2.05) is 12.1 Å². The van der Waals surface area contributed by atoms with Crippen molar-refractivity contribution in [1.82, 2.24) is 4.98 Å². The van der Waals surface area contributed by atoms with E-state index in [1.165, 1.54) is 0 Å². The third-order valence-electron chi connectivity index (χ3n) is 1.34. The van der Waals surface area contributed by atoms with Crippen LogP contribution in [-0.2, 0) is 0 Å². The van der Waals surface area contributed by atoms with Gasteiger partial charge in [-0.25, -0.2) is 0 Å². The summed E-state index contributed by atoms with van der Waals surface area (Å²) in [5.74, 6) is 0. The number of nitrogens with one attached hydrogen (secondary N) is 1. The van der Waals surface area contributed by atoms with Gasteiger partial charge in [-0.05, 0) is 18.6 Å². The first-order valence-corrected chi connectivity index (χ1v) is 3.68. The highest BCUT2D eigenvalue weighted by Crippen LogP contribution is 2.01. The molecule has 1 aromatic rings. The predicted octanol–water partition coefficient (Wildman–Crippen LogP) is 0.876. The lowest BCUT2D eigenvalue weighted by Crippen LogP contribution is -2.02. The molecule has 0 aliphatic heterocycles. The summed E-state index contributed by atoms with van der Waals surface area (Å²) in [5, 5.41) is 11.6. The molecule has 0 atom stereocenters. The van der Waals surface area contributed by atoms with E-state index in [-0.39, 0.29) is 6.61 Å². The topological polar surface area (TPSA) is 45.1 Å². The molecule has 11 heavy (non-hydrogen) atoms. The van der Waals surface area contributed by atoms with E-state index in [4.69, 9.17) is 5.11 Å². The second-order valence-electron chi connectivity index (χ2n) is 2.24. The Morgan fingerprint density at radius 3 is 2.73 bits per heavy atom. The van der Waals surface area contributed by atoms with Crippen molar-refractivity contribution in [2.75, 3.05) is 18.5 Å². The van der Waals surface area contributed by atoms with Gasteiger partial charge in [-0.2, -0.15) is 0 Å². The normalized spacial score (nSPS) is 9.55. The average molecular weight is 152 g/mol. The summed E-state index contributed by atoms with van der Waals surface area (Å²) < 4.78 is 0. The first-order valence-electron chi connectivity index (χ1n) is 3.68. The minimum atomic E-state index is 0.234. The molecule has 1 heterocycles. The Kier molecular flexibility index (Phi) is 3.41. The van der Waals surface area contributed by atoms with Crippen molar-refractivity contribution in [2.45, 2.75) is 6.42 Å². The minimum Gasteiger partial charge on any atom is -0.396 e. The molecule has 2 N–H and O–H groups in total. The van der Waals surface area contributed by atoms with Crippen molar-refractivity contribution < 1.29 is 5.11 Å². The Hall–Kier alpha value is -1.09. The zero-order valence-electron chi connectivity index (χ0n) is 6.33. The van der Waals surface area contributed by atoms with Gasteiger partial charge >= 0.3 is 0 Å². The van der Waals surface area contributed by atoms with Crippen LogP contribution in [0.5, 0.6) is 0 Å². The van der Waals surface area contributed by atoms with Gasteiger partial charge in [0.2, 0.25) is 0 Å². The van der Waals surface area contributed by atoms with Gasteiger partial charge in [-0.3, -0.25) is 4.98 Å². The number of aromatic nitrogens is 1. The Morgan fingerprint density at radius 2 is 2.09 bits per heavy atom. The smallest absolute Gasteiger partial charge is 0.0447 e. The van der Waals surface area contributed by atoms with Crippen LogP contribution in [0.1, 0.15) is 6.42 Å². The maximum Gasteiger partial charge on any atom is 0.0447 e. The van der Waals surface area contributed by atoms with Crippen LogP contribution in [0.25, 0.3) is 0 Å². The second-order valence-corrected chi connectivity index (χ2v) is 2.24. The highest BCUT2D eigenvalue weighted by atomic mass is 16.3.